The van der Waals surface area contributed by atoms with Gasteiger partial charge >= 0.3 is 6.18 Å². The lowest BCUT2D eigenvalue weighted by molar-refractivity contribution is -0.135. The first-order chi connectivity index (χ1) is 11.8. The van der Waals surface area contributed by atoms with E-state index in [1.165, 1.54) is 6.07 Å². The molecule has 1 aromatic carbocycles. The number of carbonyl (C=O) groups is 1. The third kappa shape index (κ3) is 3.03. The van der Waals surface area contributed by atoms with Crippen molar-refractivity contribution >= 4 is 11.6 Å². The van der Waals surface area contributed by atoms with Crippen LogP contribution in [0.25, 0.3) is 0 Å². The minimum absolute atomic E-state index is 0.0331. The van der Waals surface area contributed by atoms with Crippen molar-refractivity contribution in [3.05, 3.63) is 23.5 Å². The number of nitriles is 1. The Kier molecular flexibility index (Phi) is 4.35. The van der Waals surface area contributed by atoms with Crippen molar-refractivity contribution in [3.63, 3.8) is 0 Å². The summed E-state index contributed by atoms with van der Waals surface area (Å²) < 4.78 is 58.7. The average molecular weight is 356 g/mol. The summed E-state index contributed by atoms with van der Waals surface area (Å²) in [6.45, 7) is -1.84. The maximum Gasteiger partial charge on any atom is 0.406 e. The van der Waals surface area contributed by atoms with Gasteiger partial charge in [-0.05, 0) is 12.8 Å². The standard InChI is InChI=1S/C17H16F4N2O2/c18-12-8-11(25-7-6-22)9-13-14(12)16(4-2-1-3-5-16)15(24)23(13)10-17(19,20)21/h8-9H,1-5,7,10H2. The molecule has 134 valence electrons. The summed E-state index contributed by atoms with van der Waals surface area (Å²) in [5, 5.41) is 8.55. The van der Waals surface area contributed by atoms with Crippen molar-refractivity contribution in [2.24, 2.45) is 0 Å². The van der Waals surface area contributed by atoms with E-state index in [1.54, 1.807) is 6.07 Å². The molecule has 0 N–H and O–H groups in total. The van der Waals surface area contributed by atoms with Gasteiger partial charge < -0.3 is 9.64 Å². The molecule has 1 aromatic rings. The van der Waals surface area contributed by atoms with Crippen LogP contribution in [-0.2, 0) is 10.2 Å². The lowest BCUT2D eigenvalue weighted by atomic mass is 9.70. The van der Waals surface area contributed by atoms with Crippen molar-refractivity contribution in [3.8, 4) is 11.8 Å². The zero-order chi connectivity index (χ0) is 18.2. The van der Waals surface area contributed by atoms with Crippen LogP contribution in [0.15, 0.2) is 12.1 Å². The van der Waals surface area contributed by atoms with E-state index in [1.807, 2.05) is 0 Å². The summed E-state index contributed by atoms with van der Waals surface area (Å²) in [7, 11) is 0. The molecule has 1 aliphatic carbocycles. The SMILES string of the molecule is N#CCOc1cc(F)c2c(c1)N(CC(F)(F)F)C(=O)C21CCCCC1. The molecule has 25 heavy (non-hydrogen) atoms. The third-order valence-electron chi connectivity index (χ3n) is 4.81. The van der Waals surface area contributed by atoms with Gasteiger partial charge in [-0.25, -0.2) is 4.39 Å². The second kappa shape index (κ2) is 6.21. The van der Waals surface area contributed by atoms with Crippen molar-refractivity contribution < 1.29 is 27.1 Å². The predicted octanol–water partition coefficient (Wildman–Crippen LogP) is 3.84. The summed E-state index contributed by atoms with van der Waals surface area (Å²) in [6, 6.07) is 3.98. The van der Waals surface area contributed by atoms with Gasteiger partial charge in [0.15, 0.2) is 6.61 Å². The van der Waals surface area contributed by atoms with Crippen molar-refractivity contribution in [2.75, 3.05) is 18.1 Å². The van der Waals surface area contributed by atoms with E-state index in [4.69, 9.17) is 10.00 Å². The van der Waals surface area contributed by atoms with Crippen LogP contribution in [0.1, 0.15) is 37.7 Å². The largest absolute Gasteiger partial charge is 0.479 e. The second-order valence-corrected chi connectivity index (χ2v) is 6.40. The van der Waals surface area contributed by atoms with Gasteiger partial charge in [-0.1, -0.05) is 19.3 Å². The fourth-order valence-electron chi connectivity index (χ4n) is 3.88. The van der Waals surface area contributed by atoms with Crippen LogP contribution in [0, 0.1) is 17.1 Å². The van der Waals surface area contributed by atoms with Crippen LogP contribution < -0.4 is 9.64 Å². The smallest absolute Gasteiger partial charge is 0.406 e. The zero-order valence-corrected chi connectivity index (χ0v) is 13.3. The highest BCUT2D eigenvalue weighted by molar-refractivity contribution is 6.08. The quantitative estimate of drug-likeness (QED) is 0.774. The molecule has 1 heterocycles. The fourth-order valence-corrected chi connectivity index (χ4v) is 3.88. The molecule has 2 aliphatic rings. The molecule has 1 aliphatic heterocycles. The van der Waals surface area contributed by atoms with Gasteiger partial charge in [0, 0.05) is 17.7 Å². The number of ether oxygens (including phenoxy) is 1. The molecule has 0 saturated heterocycles. The number of alkyl halides is 3. The highest BCUT2D eigenvalue weighted by Crippen LogP contribution is 2.52. The molecule has 0 aromatic heterocycles. The monoisotopic (exact) mass is 356 g/mol. The predicted molar refractivity (Wildman–Crippen MR) is 80.7 cm³/mol. The van der Waals surface area contributed by atoms with Crippen molar-refractivity contribution in [1.82, 2.24) is 0 Å². The Hall–Kier alpha value is -2.30. The lowest BCUT2D eigenvalue weighted by Gasteiger charge is -2.32. The Balaban J connectivity index is 2.12. The number of rotatable bonds is 3. The van der Waals surface area contributed by atoms with Crippen LogP contribution in [0.5, 0.6) is 5.75 Å². The van der Waals surface area contributed by atoms with E-state index in [0.717, 1.165) is 12.5 Å². The topological polar surface area (TPSA) is 53.3 Å². The van der Waals surface area contributed by atoms with Crippen LogP contribution >= 0.6 is 0 Å². The van der Waals surface area contributed by atoms with Gasteiger partial charge in [0.25, 0.3) is 0 Å². The Morgan fingerprint density at radius 2 is 1.92 bits per heavy atom. The van der Waals surface area contributed by atoms with E-state index >= 15 is 0 Å². The molecule has 1 amide bonds. The Morgan fingerprint density at radius 1 is 1.24 bits per heavy atom. The highest BCUT2D eigenvalue weighted by atomic mass is 19.4. The van der Waals surface area contributed by atoms with Gasteiger partial charge in [0.2, 0.25) is 5.91 Å². The van der Waals surface area contributed by atoms with Crippen LogP contribution in [-0.4, -0.2) is 25.2 Å². The summed E-state index contributed by atoms with van der Waals surface area (Å²) in [4.78, 5) is 13.5. The number of hydrogen-bond donors (Lipinski definition) is 0. The summed E-state index contributed by atoms with van der Waals surface area (Å²) in [6.07, 6.45) is -1.74. The van der Waals surface area contributed by atoms with Crippen molar-refractivity contribution in [2.45, 2.75) is 43.7 Å². The fraction of sp³-hybridized carbons (Fsp3) is 0.529. The molecule has 0 bridgehead atoms. The van der Waals surface area contributed by atoms with Gasteiger partial charge in [-0.3, -0.25) is 4.79 Å². The number of amides is 1. The van der Waals surface area contributed by atoms with E-state index in [0.29, 0.717) is 30.6 Å². The molecular formula is C17H16F4N2O2. The van der Waals surface area contributed by atoms with E-state index < -0.39 is 29.9 Å². The van der Waals surface area contributed by atoms with Crippen LogP contribution in [0.3, 0.4) is 0 Å². The van der Waals surface area contributed by atoms with Gasteiger partial charge in [0.05, 0.1) is 11.1 Å². The first-order valence-electron chi connectivity index (χ1n) is 8.01. The van der Waals surface area contributed by atoms with Gasteiger partial charge in [-0.15, -0.1) is 0 Å². The van der Waals surface area contributed by atoms with Crippen LogP contribution in [0.2, 0.25) is 0 Å². The zero-order valence-electron chi connectivity index (χ0n) is 13.3. The van der Waals surface area contributed by atoms with Gasteiger partial charge in [-0.2, -0.15) is 18.4 Å². The Bertz CT molecular complexity index is 733. The number of anilines is 1. The normalized spacial score (nSPS) is 19.0. The Labute approximate surface area is 142 Å². The number of nitrogens with zero attached hydrogens (tertiary/aromatic N) is 2. The first kappa shape index (κ1) is 17.5. The Morgan fingerprint density at radius 3 is 2.52 bits per heavy atom. The molecule has 4 nitrogen and oxygen atoms in total. The highest BCUT2D eigenvalue weighted by Gasteiger charge is 2.54. The van der Waals surface area contributed by atoms with Crippen molar-refractivity contribution in [1.29, 1.82) is 5.26 Å². The number of fused-ring (bicyclic) bond motifs is 2. The minimum Gasteiger partial charge on any atom is -0.479 e. The molecule has 3 rings (SSSR count). The number of benzene rings is 1. The molecule has 0 atom stereocenters. The van der Waals surface area contributed by atoms with E-state index in [-0.39, 0.29) is 23.6 Å². The summed E-state index contributed by atoms with van der Waals surface area (Å²) in [5.41, 5.74) is -1.29. The summed E-state index contributed by atoms with van der Waals surface area (Å²) >= 11 is 0. The average Bonchev–Trinajstić information content (AvgIpc) is 2.75. The summed E-state index contributed by atoms with van der Waals surface area (Å²) in [5.74, 6) is -1.52. The first-order valence-corrected chi connectivity index (χ1v) is 8.01. The van der Waals surface area contributed by atoms with Crippen LogP contribution in [0.4, 0.5) is 23.2 Å². The molecule has 1 saturated carbocycles. The van der Waals surface area contributed by atoms with E-state index in [9.17, 15) is 22.4 Å². The number of halogens is 4. The number of carbonyl (C=O) groups excluding carboxylic acids is 1. The lowest BCUT2D eigenvalue weighted by Crippen LogP contribution is -2.45. The molecule has 0 unspecified atom stereocenters. The minimum atomic E-state index is -4.60. The maximum atomic E-state index is 14.8. The molecule has 1 spiro atoms. The molecule has 8 heteroatoms. The third-order valence-corrected chi connectivity index (χ3v) is 4.81. The van der Waals surface area contributed by atoms with E-state index in [2.05, 4.69) is 0 Å². The van der Waals surface area contributed by atoms with Gasteiger partial charge in [0.1, 0.15) is 24.2 Å². The number of hydrogen-bond acceptors (Lipinski definition) is 3. The molecule has 0 radical (unpaired) electrons. The second-order valence-electron chi connectivity index (χ2n) is 6.40. The maximum absolute atomic E-state index is 14.8. The molecule has 1 fully saturated rings. The molecular weight excluding hydrogens is 340 g/mol.